The average Bonchev–Trinajstić information content (AvgIpc) is 3.04. The van der Waals surface area contributed by atoms with Gasteiger partial charge in [-0.25, -0.2) is 4.98 Å². The van der Waals surface area contributed by atoms with E-state index in [0.29, 0.717) is 11.7 Å². The van der Waals surface area contributed by atoms with E-state index in [1.54, 1.807) is 0 Å². The van der Waals surface area contributed by atoms with E-state index < -0.39 is 0 Å². The van der Waals surface area contributed by atoms with Crippen LogP contribution in [0.4, 0.5) is 5.13 Å². The van der Waals surface area contributed by atoms with Gasteiger partial charge in [-0.2, -0.15) is 0 Å². The molecule has 24 heavy (non-hydrogen) atoms. The molecule has 0 radical (unpaired) electrons. The fourth-order valence-electron chi connectivity index (χ4n) is 3.13. The van der Waals surface area contributed by atoms with Crippen LogP contribution in [0.2, 0.25) is 0 Å². The zero-order chi connectivity index (χ0) is 17.0. The van der Waals surface area contributed by atoms with Crippen LogP contribution < -0.4 is 5.32 Å². The first-order valence-electron chi connectivity index (χ1n) is 8.22. The largest absolute Gasteiger partial charge is 0.396 e. The van der Waals surface area contributed by atoms with Gasteiger partial charge in [-0.15, -0.1) is 11.3 Å². The molecule has 6 heteroatoms. The summed E-state index contributed by atoms with van der Waals surface area (Å²) in [6.07, 6.45) is 2.02. The maximum atomic E-state index is 12.3. The van der Waals surface area contributed by atoms with Gasteiger partial charge in [-0.1, -0.05) is 37.3 Å². The van der Waals surface area contributed by atoms with Crippen molar-refractivity contribution < 1.29 is 9.90 Å². The van der Waals surface area contributed by atoms with Gasteiger partial charge in [0.2, 0.25) is 5.91 Å². The van der Waals surface area contributed by atoms with Crippen molar-refractivity contribution in [2.75, 3.05) is 31.6 Å². The van der Waals surface area contributed by atoms with Crippen LogP contribution in [-0.2, 0) is 4.79 Å². The number of rotatable bonds is 5. The van der Waals surface area contributed by atoms with Gasteiger partial charge in [0.25, 0.3) is 0 Å². The molecular weight excluding hydrogens is 322 g/mol. The Morgan fingerprint density at radius 1 is 1.42 bits per heavy atom. The lowest BCUT2D eigenvalue weighted by molar-refractivity contribution is -0.118. The summed E-state index contributed by atoms with van der Waals surface area (Å²) in [5.41, 5.74) is 1.82. The summed E-state index contributed by atoms with van der Waals surface area (Å²) in [4.78, 5) is 18.9. The monoisotopic (exact) mass is 345 g/mol. The fourth-order valence-corrected chi connectivity index (χ4v) is 3.86. The number of aliphatic hydroxyl groups excluding tert-OH is 1. The molecule has 0 bridgehead atoms. The molecule has 2 heterocycles. The van der Waals surface area contributed by atoms with Crippen LogP contribution in [0.5, 0.6) is 0 Å². The summed E-state index contributed by atoms with van der Waals surface area (Å²) in [6.45, 7) is 4.23. The van der Waals surface area contributed by atoms with Crippen molar-refractivity contribution in [3.8, 4) is 11.3 Å². The maximum absolute atomic E-state index is 12.3. The number of amides is 1. The number of likely N-dealkylation sites (tertiary alicyclic amines) is 1. The Morgan fingerprint density at radius 3 is 2.96 bits per heavy atom. The number of carbonyl (C=O) groups excluding carboxylic acids is 1. The van der Waals surface area contributed by atoms with E-state index in [4.69, 9.17) is 0 Å². The van der Waals surface area contributed by atoms with E-state index in [2.05, 4.69) is 22.1 Å². The molecule has 1 aliphatic heterocycles. The van der Waals surface area contributed by atoms with Crippen molar-refractivity contribution in [1.29, 1.82) is 0 Å². The maximum Gasteiger partial charge on any atom is 0.240 e. The van der Waals surface area contributed by atoms with Crippen LogP contribution in [0, 0.1) is 5.41 Å². The molecule has 1 aliphatic rings. The normalized spacial score (nSPS) is 21.6. The number of nitrogens with one attached hydrogen (secondary N) is 1. The van der Waals surface area contributed by atoms with Crippen LogP contribution in [0.3, 0.4) is 0 Å². The first-order chi connectivity index (χ1) is 11.6. The smallest absolute Gasteiger partial charge is 0.240 e. The highest BCUT2D eigenvalue weighted by atomic mass is 32.1. The number of aromatic nitrogens is 1. The third kappa shape index (κ3) is 4.20. The molecule has 1 aromatic heterocycles. The molecule has 5 nitrogen and oxygen atoms in total. The van der Waals surface area contributed by atoms with Gasteiger partial charge in [0, 0.05) is 29.5 Å². The molecule has 1 amide bonds. The lowest BCUT2D eigenvalue weighted by Gasteiger charge is -2.38. The van der Waals surface area contributed by atoms with E-state index in [1.807, 2.05) is 35.7 Å². The Bertz CT molecular complexity index is 689. The highest BCUT2D eigenvalue weighted by Crippen LogP contribution is 2.29. The minimum Gasteiger partial charge on any atom is -0.396 e. The molecule has 1 saturated heterocycles. The first-order valence-corrected chi connectivity index (χ1v) is 9.10. The van der Waals surface area contributed by atoms with Crippen molar-refractivity contribution in [2.45, 2.75) is 19.8 Å². The molecule has 1 unspecified atom stereocenters. The minimum atomic E-state index is -0.0970. The standard InChI is InChI=1S/C18H23N3O2S/c1-18(13-22)8-5-9-21(12-18)10-16(23)20-17-19-15(11-24-17)14-6-3-2-4-7-14/h2-4,6-7,11,22H,5,8-10,12-13H2,1H3,(H,19,20,23). The van der Waals surface area contributed by atoms with Gasteiger partial charge in [0.15, 0.2) is 5.13 Å². The van der Waals surface area contributed by atoms with Gasteiger partial charge in [0.1, 0.15) is 0 Å². The zero-order valence-electron chi connectivity index (χ0n) is 13.9. The molecule has 3 rings (SSSR count). The van der Waals surface area contributed by atoms with Crippen molar-refractivity contribution in [1.82, 2.24) is 9.88 Å². The topological polar surface area (TPSA) is 65.5 Å². The lowest BCUT2D eigenvalue weighted by Crippen LogP contribution is -2.46. The predicted octanol–water partition coefficient (Wildman–Crippen LogP) is 2.84. The summed E-state index contributed by atoms with van der Waals surface area (Å²) in [7, 11) is 0. The molecule has 0 saturated carbocycles. The molecule has 0 aliphatic carbocycles. The molecule has 2 N–H and O–H groups in total. The number of piperidine rings is 1. The molecule has 128 valence electrons. The zero-order valence-corrected chi connectivity index (χ0v) is 14.7. The second-order valence-electron chi connectivity index (χ2n) is 6.74. The average molecular weight is 345 g/mol. The van der Waals surface area contributed by atoms with E-state index in [-0.39, 0.29) is 17.9 Å². The summed E-state index contributed by atoms with van der Waals surface area (Å²) >= 11 is 1.44. The van der Waals surface area contributed by atoms with Gasteiger partial charge in [-0.3, -0.25) is 9.69 Å². The Kier molecular flexibility index (Phi) is 5.28. The van der Waals surface area contributed by atoms with Crippen molar-refractivity contribution >= 4 is 22.4 Å². The number of carbonyl (C=O) groups is 1. The molecule has 2 aromatic rings. The van der Waals surface area contributed by atoms with Crippen LogP contribution >= 0.6 is 11.3 Å². The van der Waals surface area contributed by atoms with E-state index in [1.165, 1.54) is 11.3 Å². The fraction of sp³-hybridized carbons (Fsp3) is 0.444. The van der Waals surface area contributed by atoms with Crippen LogP contribution in [0.1, 0.15) is 19.8 Å². The predicted molar refractivity (Wildman–Crippen MR) is 97.0 cm³/mol. The summed E-state index contributed by atoms with van der Waals surface area (Å²) in [5, 5.41) is 15.0. The van der Waals surface area contributed by atoms with Gasteiger partial charge < -0.3 is 10.4 Å². The number of nitrogens with zero attached hydrogens (tertiary/aromatic N) is 2. The third-order valence-electron chi connectivity index (χ3n) is 4.43. The summed E-state index contributed by atoms with van der Waals surface area (Å²) < 4.78 is 0. The van der Waals surface area contributed by atoms with E-state index >= 15 is 0 Å². The molecule has 1 fully saturated rings. The Balaban J connectivity index is 1.57. The van der Waals surface area contributed by atoms with Crippen molar-refractivity contribution in [3.63, 3.8) is 0 Å². The molecule has 1 atom stereocenters. The molecule has 1 aromatic carbocycles. The molecular formula is C18H23N3O2S. The third-order valence-corrected chi connectivity index (χ3v) is 5.19. The van der Waals surface area contributed by atoms with Crippen LogP contribution in [0.15, 0.2) is 35.7 Å². The second-order valence-corrected chi connectivity index (χ2v) is 7.59. The number of hydrogen-bond donors (Lipinski definition) is 2. The lowest BCUT2D eigenvalue weighted by atomic mass is 9.83. The summed E-state index contributed by atoms with van der Waals surface area (Å²) in [5.74, 6) is -0.0499. The Morgan fingerprint density at radius 2 is 2.21 bits per heavy atom. The quantitative estimate of drug-likeness (QED) is 0.874. The SMILES string of the molecule is CC1(CO)CCCN(CC(=O)Nc2nc(-c3ccccc3)cs2)C1. The van der Waals surface area contributed by atoms with Gasteiger partial charge in [-0.05, 0) is 19.4 Å². The number of anilines is 1. The van der Waals surface area contributed by atoms with Crippen LogP contribution in [0.25, 0.3) is 11.3 Å². The number of hydrogen-bond acceptors (Lipinski definition) is 5. The van der Waals surface area contributed by atoms with Crippen molar-refractivity contribution in [2.24, 2.45) is 5.41 Å². The van der Waals surface area contributed by atoms with Gasteiger partial charge >= 0.3 is 0 Å². The first kappa shape index (κ1) is 17.1. The highest BCUT2D eigenvalue weighted by Gasteiger charge is 2.31. The number of benzene rings is 1. The van der Waals surface area contributed by atoms with E-state index in [0.717, 1.165) is 37.2 Å². The minimum absolute atomic E-state index is 0.0499. The van der Waals surface area contributed by atoms with Crippen molar-refractivity contribution in [3.05, 3.63) is 35.7 Å². The van der Waals surface area contributed by atoms with Gasteiger partial charge in [0.05, 0.1) is 12.2 Å². The Hall–Kier alpha value is -1.76. The Labute approximate surface area is 146 Å². The summed E-state index contributed by atoms with van der Waals surface area (Å²) in [6, 6.07) is 9.93. The molecule has 0 spiro atoms. The number of thiazole rings is 1. The van der Waals surface area contributed by atoms with Crippen LogP contribution in [-0.4, -0.2) is 47.1 Å². The second kappa shape index (κ2) is 7.42. The van der Waals surface area contributed by atoms with E-state index in [9.17, 15) is 9.90 Å². The number of aliphatic hydroxyl groups is 1. The highest BCUT2D eigenvalue weighted by molar-refractivity contribution is 7.14.